The molecule has 0 spiro atoms. The van der Waals surface area contributed by atoms with E-state index in [1.807, 2.05) is 12.1 Å². The van der Waals surface area contributed by atoms with Gasteiger partial charge in [0.05, 0.1) is 12.7 Å². The van der Waals surface area contributed by atoms with E-state index in [1.54, 1.807) is 25.3 Å². The quantitative estimate of drug-likeness (QED) is 0.365. The number of nitrogens with zero attached hydrogens (tertiary/aromatic N) is 2. The van der Waals surface area contributed by atoms with E-state index in [0.717, 1.165) is 32.5 Å². The van der Waals surface area contributed by atoms with Gasteiger partial charge in [0.25, 0.3) is 0 Å². The van der Waals surface area contributed by atoms with Gasteiger partial charge in [0.1, 0.15) is 11.5 Å². The molecule has 0 aliphatic carbocycles. The van der Waals surface area contributed by atoms with Gasteiger partial charge in [-0.15, -0.1) is 0 Å². The molecule has 2 atom stereocenters. The highest BCUT2D eigenvalue weighted by Gasteiger charge is 2.42. The highest BCUT2D eigenvalue weighted by Crippen LogP contribution is 2.39. The molecule has 2 heterocycles. The lowest BCUT2D eigenvalue weighted by Gasteiger charge is -2.47. The first kappa shape index (κ1) is 25.6. The maximum Gasteiger partial charge on any atom is 0.422 e. The smallest absolute Gasteiger partial charge is 0.422 e. The van der Waals surface area contributed by atoms with E-state index in [9.17, 15) is 13.2 Å². The third-order valence-electron chi connectivity index (χ3n) is 7.55. The van der Waals surface area contributed by atoms with Crippen molar-refractivity contribution in [3.8, 4) is 11.5 Å². The number of fused-ring (bicyclic) bond motifs is 1. The highest BCUT2D eigenvalue weighted by molar-refractivity contribution is 5.45. The molecule has 4 nitrogen and oxygen atoms in total. The van der Waals surface area contributed by atoms with Crippen molar-refractivity contribution in [1.82, 2.24) is 9.80 Å². The maximum absolute atomic E-state index is 13.0. The topological polar surface area (TPSA) is 24.9 Å². The van der Waals surface area contributed by atoms with Crippen LogP contribution in [0.4, 0.5) is 13.2 Å². The van der Waals surface area contributed by atoms with Crippen molar-refractivity contribution in [3.63, 3.8) is 0 Å². The summed E-state index contributed by atoms with van der Waals surface area (Å²) in [6.07, 6.45) is -2.13. The van der Waals surface area contributed by atoms with Crippen LogP contribution in [0.15, 0.2) is 78.9 Å². The van der Waals surface area contributed by atoms with Gasteiger partial charge in [-0.3, -0.25) is 9.80 Å². The van der Waals surface area contributed by atoms with Gasteiger partial charge in [-0.25, -0.2) is 0 Å². The van der Waals surface area contributed by atoms with Gasteiger partial charge in [-0.2, -0.15) is 13.2 Å². The van der Waals surface area contributed by atoms with Gasteiger partial charge >= 0.3 is 6.18 Å². The summed E-state index contributed by atoms with van der Waals surface area (Å²) >= 11 is 0. The van der Waals surface area contributed by atoms with Gasteiger partial charge in [-0.05, 0) is 42.6 Å². The summed E-state index contributed by atoms with van der Waals surface area (Å²) in [5.41, 5.74) is 3.21. The van der Waals surface area contributed by atoms with E-state index < -0.39 is 12.8 Å². The Balaban J connectivity index is 1.47. The maximum atomic E-state index is 13.0. The molecular formula is C30H33F3N2O2. The number of alkyl halides is 3. The SMILES string of the molecule is COc1cccc(OCC(F)(F)F)c1CN1CC2CCCN2C(C(c2ccccc2)c2ccccc2)C1. The summed E-state index contributed by atoms with van der Waals surface area (Å²) in [5.74, 6) is 0.960. The van der Waals surface area contributed by atoms with E-state index >= 15 is 0 Å². The molecule has 37 heavy (non-hydrogen) atoms. The number of ether oxygens (including phenoxy) is 2. The van der Waals surface area contributed by atoms with E-state index in [2.05, 4.69) is 58.3 Å². The Morgan fingerprint density at radius 1 is 0.865 bits per heavy atom. The first-order valence-corrected chi connectivity index (χ1v) is 12.9. The van der Waals surface area contributed by atoms with Crippen LogP contribution in [0.3, 0.4) is 0 Å². The fraction of sp³-hybridized carbons (Fsp3) is 0.400. The second kappa shape index (κ2) is 11.2. The van der Waals surface area contributed by atoms with E-state index in [4.69, 9.17) is 9.47 Å². The van der Waals surface area contributed by atoms with E-state index in [-0.39, 0.29) is 17.7 Å². The Morgan fingerprint density at radius 3 is 2.14 bits per heavy atom. The number of hydrogen-bond donors (Lipinski definition) is 0. The lowest BCUT2D eigenvalue weighted by Crippen LogP contribution is -2.57. The summed E-state index contributed by atoms with van der Waals surface area (Å²) < 4.78 is 49.7. The molecular weight excluding hydrogens is 477 g/mol. The molecule has 2 saturated heterocycles. The molecule has 0 radical (unpaired) electrons. The molecule has 2 fully saturated rings. The number of methoxy groups -OCH3 is 1. The number of benzene rings is 3. The average Bonchev–Trinajstić information content (AvgIpc) is 3.38. The molecule has 2 aliphatic rings. The van der Waals surface area contributed by atoms with E-state index in [1.165, 1.54) is 11.1 Å². The van der Waals surface area contributed by atoms with Gasteiger partial charge in [-0.1, -0.05) is 66.7 Å². The minimum absolute atomic E-state index is 0.185. The Morgan fingerprint density at radius 2 is 1.51 bits per heavy atom. The Labute approximate surface area is 216 Å². The first-order chi connectivity index (χ1) is 17.9. The van der Waals surface area contributed by atoms with Gasteiger partial charge in [0, 0.05) is 37.6 Å². The van der Waals surface area contributed by atoms with Crippen LogP contribution < -0.4 is 9.47 Å². The third-order valence-corrected chi connectivity index (χ3v) is 7.55. The summed E-state index contributed by atoms with van der Waals surface area (Å²) in [6.45, 7) is 1.86. The zero-order chi connectivity index (χ0) is 25.8. The molecule has 3 aromatic carbocycles. The monoisotopic (exact) mass is 510 g/mol. The predicted molar refractivity (Wildman–Crippen MR) is 138 cm³/mol. The van der Waals surface area contributed by atoms with Crippen molar-refractivity contribution < 1.29 is 22.6 Å². The van der Waals surface area contributed by atoms with Gasteiger partial charge in [0.2, 0.25) is 0 Å². The van der Waals surface area contributed by atoms with Crippen LogP contribution >= 0.6 is 0 Å². The molecule has 0 amide bonds. The Kier molecular flexibility index (Phi) is 7.72. The van der Waals surface area contributed by atoms with Gasteiger partial charge < -0.3 is 9.47 Å². The van der Waals surface area contributed by atoms with Gasteiger partial charge in [0.15, 0.2) is 6.61 Å². The second-order valence-corrected chi connectivity index (χ2v) is 9.94. The summed E-state index contributed by atoms with van der Waals surface area (Å²) in [5, 5.41) is 0. The molecule has 196 valence electrons. The van der Waals surface area contributed by atoms with Crippen LogP contribution in [0.1, 0.15) is 35.4 Å². The normalized spacial score (nSPS) is 20.7. The van der Waals surface area contributed by atoms with Crippen LogP contribution in [-0.2, 0) is 6.54 Å². The molecule has 7 heteroatoms. The molecule has 0 bridgehead atoms. The number of rotatable bonds is 8. The minimum atomic E-state index is -4.40. The molecule has 0 saturated carbocycles. The highest BCUT2D eigenvalue weighted by atomic mass is 19.4. The zero-order valence-corrected chi connectivity index (χ0v) is 21.0. The van der Waals surface area contributed by atoms with Crippen LogP contribution in [0.5, 0.6) is 11.5 Å². The second-order valence-electron chi connectivity index (χ2n) is 9.94. The fourth-order valence-corrected chi connectivity index (χ4v) is 6.03. The minimum Gasteiger partial charge on any atom is -0.496 e. The summed E-state index contributed by atoms with van der Waals surface area (Å²) in [4.78, 5) is 5.03. The average molecular weight is 511 g/mol. The molecule has 3 aromatic rings. The fourth-order valence-electron chi connectivity index (χ4n) is 6.03. The summed E-state index contributed by atoms with van der Waals surface area (Å²) in [7, 11) is 1.55. The van der Waals surface area contributed by atoms with Crippen molar-refractivity contribution in [3.05, 3.63) is 95.6 Å². The number of hydrogen-bond acceptors (Lipinski definition) is 4. The lowest BCUT2D eigenvalue weighted by atomic mass is 9.82. The number of halogens is 3. The van der Waals surface area contributed by atoms with Crippen LogP contribution in [0.2, 0.25) is 0 Å². The van der Waals surface area contributed by atoms with Crippen molar-refractivity contribution >= 4 is 0 Å². The standard InChI is InChI=1S/C30H33F3N2O2/c1-36-27-15-8-16-28(37-21-30(31,32)33)25(27)19-34-18-24-14-9-17-35(24)26(20-34)29(22-10-4-2-5-11-22)23-12-6-3-7-13-23/h2-8,10-13,15-16,24,26,29H,9,14,17-21H2,1H3. The van der Waals surface area contributed by atoms with Crippen molar-refractivity contribution in [2.24, 2.45) is 0 Å². The third kappa shape index (κ3) is 5.94. The molecule has 2 unspecified atom stereocenters. The first-order valence-electron chi connectivity index (χ1n) is 12.9. The predicted octanol–water partition coefficient (Wildman–Crippen LogP) is 6.12. The van der Waals surface area contributed by atoms with Crippen LogP contribution in [0.25, 0.3) is 0 Å². The van der Waals surface area contributed by atoms with Crippen molar-refractivity contribution in [1.29, 1.82) is 0 Å². The van der Waals surface area contributed by atoms with Crippen LogP contribution in [-0.4, -0.2) is 61.4 Å². The molecule has 0 N–H and O–H groups in total. The Bertz CT molecular complexity index is 1120. The van der Waals surface area contributed by atoms with Crippen molar-refractivity contribution in [2.45, 2.75) is 43.6 Å². The molecule has 2 aliphatic heterocycles. The number of piperazine rings is 1. The van der Waals surface area contributed by atoms with Crippen molar-refractivity contribution in [2.75, 3.05) is 33.4 Å². The molecule has 0 aromatic heterocycles. The zero-order valence-electron chi connectivity index (χ0n) is 21.0. The lowest BCUT2D eigenvalue weighted by molar-refractivity contribution is -0.153. The largest absolute Gasteiger partial charge is 0.496 e. The van der Waals surface area contributed by atoms with E-state index in [0.29, 0.717) is 23.9 Å². The summed E-state index contributed by atoms with van der Waals surface area (Å²) in [6, 6.07) is 26.9. The molecule has 5 rings (SSSR count). The Hall–Kier alpha value is -3.03. The van der Waals surface area contributed by atoms with Crippen LogP contribution in [0, 0.1) is 0 Å².